The molecule has 0 aliphatic carbocycles. The van der Waals surface area contributed by atoms with Crippen LogP contribution in [0, 0.1) is 0 Å². The molecule has 0 saturated heterocycles. The predicted molar refractivity (Wildman–Crippen MR) is 159 cm³/mol. The average molecular weight is 472 g/mol. The van der Waals surface area contributed by atoms with Crippen LogP contribution in [0.15, 0.2) is 152 Å². The lowest BCUT2D eigenvalue weighted by Gasteiger charge is -2.27. The summed E-state index contributed by atoms with van der Waals surface area (Å²) in [6.07, 6.45) is 0. The van der Waals surface area contributed by atoms with Crippen molar-refractivity contribution in [1.29, 1.82) is 0 Å². The van der Waals surface area contributed by atoms with Gasteiger partial charge in [-0.2, -0.15) is 0 Å². The molecule has 0 unspecified atom stereocenters. The van der Waals surface area contributed by atoms with Gasteiger partial charge in [0.25, 0.3) is 0 Å². The van der Waals surface area contributed by atoms with Crippen LogP contribution in [0.2, 0.25) is 0 Å². The minimum Gasteiger partial charge on any atom is -0.310 e. The number of hydrogen-bond acceptors (Lipinski definition) is 1. The minimum atomic E-state index is 1.14. The first-order chi connectivity index (χ1) is 18.3. The molecule has 0 spiro atoms. The molecule has 0 saturated carbocycles. The normalized spacial score (nSPS) is 11.2. The van der Waals surface area contributed by atoms with Crippen molar-refractivity contribution >= 4 is 49.4 Å². The summed E-state index contributed by atoms with van der Waals surface area (Å²) in [5.74, 6) is 0. The number of benzene rings is 7. The number of fused-ring (bicyclic) bond motifs is 3. The number of rotatable bonds is 4. The van der Waals surface area contributed by atoms with Gasteiger partial charge in [0.1, 0.15) is 0 Å². The maximum absolute atomic E-state index is 2.37. The Hall–Kier alpha value is -4.88. The summed E-state index contributed by atoms with van der Waals surface area (Å²) in [5, 5.41) is 7.48. The van der Waals surface area contributed by atoms with Crippen molar-refractivity contribution < 1.29 is 0 Å². The van der Waals surface area contributed by atoms with Gasteiger partial charge in [0.15, 0.2) is 0 Å². The molecule has 7 aromatic carbocycles. The van der Waals surface area contributed by atoms with Gasteiger partial charge in [-0.15, -0.1) is 0 Å². The van der Waals surface area contributed by atoms with Gasteiger partial charge in [0.2, 0.25) is 0 Å². The Morgan fingerprint density at radius 3 is 1.62 bits per heavy atom. The molecule has 1 nitrogen and oxygen atoms in total. The fraction of sp³-hybridized carbons (Fsp3) is 0. The zero-order valence-corrected chi connectivity index (χ0v) is 20.4. The van der Waals surface area contributed by atoms with Crippen molar-refractivity contribution in [1.82, 2.24) is 0 Å². The molecule has 0 aromatic heterocycles. The van der Waals surface area contributed by atoms with E-state index >= 15 is 0 Å². The molecule has 0 bridgehead atoms. The molecule has 0 atom stereocenters. The highest BCUT2D eigenvalue weighted by Crippen LogP contribution is 2.40. The highest BCUT2D eigenvalue weighted by Gasteiger charge is 2.16. The van der Waals surface area contributed by atoms with Gasteiger partial charge >= 0.3 is 0 Å². The molecule has 0 radical (unpaired) electrons. The highest BCUT2D eigenvalue weighted by atomic mass is 15.1. The van der Waals surface area contributed by atoms with E-state index in [0.29, 0.717) is 0 Å². The molecule has 0 aliphatic rings. The predicted octanol–water partition coefficient (Wildman–Crippen LogP) is 10.3. The standard InChI is InChI=1S/C36H25N/c1-3-11-30-24-32(17-16-26(30)8-1)28-18-21-33(22-19-28)37(34-23-20-27-9-2-4-12-31(27)25-34)36-15-7-13-29-10-5-6-14-35(29)36/h1-25H. The number of nitrogens with zero attached hydrogens (tertiary/aromatic N) is 1. The monoisotopic (exact) mass is 471 g/mol. The Bertz CT molecular complexity index is 1880. The molecule has 7 rings (SSSR count). The summed E-state index contributed by atoms with van der Waals surface area (Å²) >= 11 is 0. The Morgan fingerprint density at radius 2 is 0.865 bits per heavy atom. The van der Waals surface area contributed by atoms with Gasteiger partial charge in [0.05, 0.1) is 5.69 Å². The summed E-state index contributed by atoms with van der Waals surface area (Å²) in [6, 6.07) is 54.6. The topological polar surface area (TPSA) is 3.24 Å². The van der Waals surface area contributed by atoms with Crippen LogP contribution in [0.3, 0.4) is 0 Å². The molecule has 0 aliphatic heterocycles. The van der Waals surface area contributed by atoms with Gasteiger partial charge in [0, 0.05) is 16.8 Å². The van der Waals surface area contributed by atoms with E-state index < -0.39 is 0 Å². The van der Waals surface area contributed by atoms with E-state index in [1.165, 1.54) is 49.1 Å². The lowest BCUT2D eigenvalue weighted by atomic mass is 10.0. The summed E-state index contributed by atoms with van der Waals surface area (Å²) in [5.41, 5.74) is 5.90. The maximum Gasteiger partial charge on any atom is 0.0540 e. The van der Waals surface area contributed by atoms with Crippen LogP contribution in [-0.4, -0.2) is 0 Å². The highest BCUT2D eigenvalue weighted by molar-refractivity contribution is 6.00. The Morgan fingerprint density at radius 1 is 0.324 bits per heavy atom. The summed E-state index contributed by atoms with van der Waals surface area (Å²) in [4.78, 5) is 2.37. The molecule has 0 heterocycles. The summed E-state index contributed by atoms with van der Waals surface area (Å²) in [7, 11) is 0. The fourth-order valence-electron chi connectivity index (χ4n) is 5.32. The van der Waals surface area contributed by atoms with E-state index in [1.807, 2.05) is 0 Å². The van der Waals surface area contributed by atoms with Crippen LogP contribution in [0.1, 0.15) is 0 Å². The van der Waals surface area contributed by atoms with Crippen LogP contribution in [0.25, 0.3) is 43.4 Å². The van der Waals surface area contributed by atoms with Gasteiger partial charge in [-0.3, -0.25) is 0 Å². The third-order valence-electron chi connectivity index (χ3n) is 7.21. The minimum absolute atomic E-state index is 1.14. The van der Waals surface area contributed by atoms with Crippen LogP contribution >= 0.6 is 0 Å². The smallest absolute Gasteiger partial charge is 0.0540 e. The Balaban J connectivity index is 1.38. The first-order valence-electron chi connectivity index (χ1n) is 12.7. The molecule has 0 amide bonds. The maximum atomic E-state index is 2.37. The molecule has 1 heteroatoms. The fourth-order valence-corrected chi connectivity index (χ4v) is 5.32. The van der Waals surface area contributed by atoms with Gasteiger partial charge in [-0.1, -0.05) is 115 Å². The second kappa shape index (κ2) is 8.96. The van der Waals surface area contributed by atoms with E-state index in [1.54, 1.807) is 0 Å². The van der Waals surface area contributed by atoms with Crippen molar-refractivity contribution in [2.45, 2.75) is 0 Å². The zero-order valence-electron chi connectivity index (χ0n) is 20.4. The summed E-state index contributed by atoms with van der Waals surface area (Å²) in [6.45, 7) is 0. The zero-order chi connectivity index (χ0) is 24.6. The lowest BCUT2D eigenvalue weighted by Crippen LogP contribution is -2.10. The van der Waals surface area contributed by atoms with Crippen molar-refractivity contribution in [3.63, 3.8) is 0 Å². The van der Waals surface area contributed by atoms with E-state index in [0.717, 1.165) is 11.4 Å². The quantitative estimate of drug-likeness (QED) is 0.247. The Labute approximate surface area is 216 Å². The van der Waals surface area contributed by atoms with Crippen LogP contribution in [0.5, 0.6) is 0 Å². The van der Waals surface area contributed by atoms with Crippen LogP contribution < -0.4 is 4.90 Å². The van der Waals surface area contributed by atoms with Gasteiger partial charge in [-0.25, -0.2) is 0 Å². The van der Waals surface area contributed by atoms with E-state index in [4.69, 9.17) is 0 Å². The van der Waals surface area contributed by atoms with Gasteiger partial charge < -0.3 is 4.90 Å². The molecule has 7 aromatic rings. The molecular weight excluding hydrogens is 446 g/mol. The van der Waals surface area contributed by atoms with E-state index in [9.17, 15) is 0 Å². The third-order valence-corrected chi connectivity index (χ3v) is 7.21. The number of hydrogen-bond donors (Lipinski definition) is 0. The Kier molecular flexibility index (Phi) is 5.19. The second-order valence-corrected chi connectivity index (χ2v) is 9.47. The first kappa shape index (κ1) is 21.4. The van der Waals surface area contributed by atoms with Crippen molar-refractivity contribution in [3.8, 4) is 11.1 Å². The summed E-state index contributed by atoms with van der Waals surface area (Å²) < 4.78 is 0. The molecule has 0 fully saturated rings. The SMILES string of the molecule is c1ccc2cc(-c3ccc(N(c4ccc5ccccc5c4)c4cccc5ccccc45)cc3)ccc2c1. The number of anilines is 3. The molecule has 37 heavy (non-hydrogen) atoms. The van der Waals surface area contributed by atoms with Crippen molar-refractivity contribution in [2.24, 2.45) is 0 Å². The lowest BCUT2D eigenvalue weighted by molar-refractivity contribution is 1.30. The third kappa shape index (κ3) is 3.91. The molecule has 174 valence electrons. The molecule has 0 N–H and O–H groups in total. The average Bonchev–Trinajstić information content (AvgIpc) is 2.97. The second-order valence-electron chi connectivity index (χ2n) is 9.47. The van der Waals surface area contributed by atoms with Crippen molar-refractivity contribution in [3.05, 3.63) is 152 Å². The largest absolute Gasteiger partial charge is 0.310 e. The van der Waals surface area contributed by atoms with Crippen LogP contribution in [-0.2, 0) is 0 Å². The van der Waals surface area contributed by atoms with Gasteiger partial charge in [-0.05, 0) is 74.5 Å². The molecular formula is C36H25N. The van der Waals surface area contributed by atoms with E-state index in [2.05, 4.69) is 157 Å². The first-order valence-corrected chi connectivity index (χ1v) is 12.7. The van der Waals surface area contributed by atoms with E-state index in [-0.39, 0.29) is 0 Å². The van der Waals surface area contributed by atoms with Crippen molar-refractivity contribution in [2.75, 3.05) is 4.90 Å². The van der Waals surface area contributed by atoms with Crippen LogP contribution in [0.4, 0.5) is 17.1 Å².